The molecule has 0 aliphatic heterocycles. The molecule has 0 saturated heterocycles. The lowest BCUT2D eigenvalue weighted by Gasteiger charge is -2.40. The third-order valence-corrected chi connectivity index (χ3v) is 8.96. The van der Waals surface area contributed by atoms with Crippen LogP contribution in [0.25, 0.3) is 0 Å². The van der Waals surface area contributed by atoms with Crippen molar-refractivity contribution in [2.75, 3.05) is 6.61 Å². The van der Waals surface area contributed by atoms with Crippen LogP contribution in [0.5, 0.6) is 0 Å². The second-order valence-electron chi connectivity index (χ2n) is 6.85. The van der Waals surface area contributed by atoms with Gasteiger partial charge in [0.25, 0.3) is 0 Å². The van der Waals surface area contributed by atoms with Gasteiger partial charge in [-0.2, -0.15) is 0 Å². The number of hydrogen-bond donors (Lipinski definition) is 1. The largest absolute Gasteiger partial charge is 0.407 e. The highest BCUT2D eigenvalue weighted by Gasteiger charge is 2.65. The van der Waals surface area contributed by atoms with Crippen LogP contribution in [0.3, 0.4) is 0 Å². The fourth-order valence-corrected chi connectivity index (χ4v) is 3.47. The first-order valence-electron chi connectivity index (χ1n) is 5.98. The molecule has 0 radical (unpaired) electrons. The summed E-state index contributed by atoms with van der Waals surface area (Å²) in [5.74, 6) is 0. The van der Waals surface area contributed by atoms with Crippen molar-refractivity contribution in [1.29, 1.82) is 0 Å². The summed E-state index contributed by atoms with van der Waals surface area (Å²) < 4.78 is 6.42. The Labute approximate surface area is 101 Å². The first kappa shape index (κ1) is 13.9. The molecule has 3 heteroatoms. The maximum atomic E-state index is 9.42. The van der Waals surface area contributed by atoms with Crippen LogP contribution in [0, 0.1) is 5.41 Å². The Kier molecular flexibility index (Phi) is 3.21. The number of aliphatic hydroxyl groups excluding tert-OH is 1. The van der Waals surface area contributed by atoms with Gasteiger partial charge in [-0.15, -0.1) is 6.58 Å². The van der Waals surface area contributed by atoms with E-state index < -0.39 is 8.32 Å². The molecule has 1 aliphatic carbocycles. The van der Waals surface area contributed by atoms with Crippen LogP contribution in [0.4, 0.5) is 0 Å². The van der Waals surface area contributed by atoms with Gasteiger partial charge in [-0.25, -0.2) is 0 Å². The van der Waals surface area contributed by atoms with Gasteiger partial charge in [-0.1, -0.05) is 33.8 Å². The van der Waals surface area contributed by atoms with Gasteiger partial charge in [-0.05, 0) is 24.6 Å². The van der Waals surface area contributed by atoms with Crippen LogP contribution in [0.15, 0.2) is 12.7 Å². The van der Waals surface area contributed by atoms with Crippen molar-refractivity contribution in [3.05, 3.63) is 12.7 Å². The summed E-state index contributed by atoms with van der Waals surface area (Å²) in [4.78, 5) is 0. The molecule has 1 fully saturated rings. The van der Waals surface area contributed by atoms with Crippen LogP contribution < -0.4 is 0 Å². The molecule has 0 bridgehead atoms. The van der Waals surface area contributed by atoms with Crippen LogP contribution in [0.1, 0.15) is 34.1 Å². The average Bonchev–Trinajstić information content (AvgIpc) is 2.70. The molecular formula is C13H26O2Si. The molecule has 94 valence electrons. The van der Waals surface area contributed by atoms with Crippen molar-refractivity contribution in [3.63, 3.8) is 0 Å². The van der Waals surface area contributed by atoms with Crippen LogP contribution >= 0.6 is 0 Å². The van der Waals surface area contributed by atoms with E-state index in [1.807, 2.05) is 6.08 Å². The minimum absolute atomic E-state index is 0.121. The molecule has 0 unspecified atom stereocenters. The molecule has 2 nitrogen and oxygen atoms in total. The van der Waals surface area contributed by atoms with Crippen LogP contribution in [-0.2, 0) is 4.43 Å². The van der Waals surface area contributed by atoms with Crippen molar-refractivity contribution >= 4 is 8.32 Å². The normalized spacial score (nSPS) is 34.9. The maximum absolute atomic E-state index is 9.42. The Morgan fingerprint density at radius 3 is 2.19 bits per heavy atom. The summed E-state index contributed by atoms with van der Waals surface area (Å²) in [6, 6.07) is 0. The zero-order valence-electron chi connectivity index (χ0n) is 11.6. The van der Waals surface area contributed by atoms with E-state index in [0.29, 0.717) is 0 Å². The molecule has 0 amide bonds. The molecule has 2 atom stereocenters. The molecule has 1 saturated carbocycles. The smallest absolute Gasteiger partial charge is 0.193 e. The average molecular weight is 242 g/mol. The Bertz CT molecular complexity index is 293. The highest BCUT2D eigenvalue weighted by Crippen LogP contribution is 2.61. The standard InChI is InChI=1S/C13H26O2Si/c1-8-13(9-12(13,5)10-14)15-16(6,7)11(2,3)4/h8,14H,1,9-10H2,2-7H3/t12-,13+/m1/s1. The maximum Gasteiger partial charge on any atom is 0.193 e. The minimum atomic E-state index is -1.79. The van der Waals surface area contributed by atoms with Gasteiger partial charge < -0.3 is 9.53 Å². The number of aliphatic hydroxyl groups is 1. The molecule has 0 heterocycles. The molecule has 0 aromatic heterocycles. The second kappa shape index (κ2) is 3.69. The summed E-state index contributed by atoms with van der Waals surface area (Å²) >= 11 is 0. The molecule has 1 aliphatic rings. The van der Waals surface area contributed by atoms with Gasteiger partial charge in [0.05, 0.1) is 12.2 Å². The van der Waals surface area contributed by atoms with Gasteiger partial charge in [0.2, 0.25) is 0 Å². The van der Waals surface area contributed by atoms with E-state index in [4.69, 9.17) is 4.43 Å². The monoisotopic (exact) mass is 242 g/mol. The SMILES string of the molecule is C=C[C@]1(O[Si](C)(C)C(C)(C)C)C[C@]1(C)CO. The lowest BCUT2D eigenvalue weighted by molar-refractivity contribution is 0.117. The predicted octanol–water partition coefficient (Wildman–Crippen LogP) is 3.34. The first-order chi connectivity index (χ1) is 7.04. The van der Waals surface area contributed by atoms with Gasteiger partial charge in [0, 0.05) is 5.41 Å². The summed E-state index contributed by atoms with van der Waals surface area (Å²) in [5.41, 5.74) is -0.408. The highest BCUT2D eigenvalue weighted by molar-refractivity contribution is 6.74. The molecular weight excluding hydrogens is 216 g/mol. The molecule has 1 N–H and O–H groups in total. The summed E-state index contributed by atoms with van der Waals surface area (Å²) in [6.07, 6.45) is 2.79. The highest BCUT2D eigenvalue weighted by atomic mass is 28.4. The number of rotatable bonds is 4. The third-order valence-electron chi connectivity index (χ3n) is 4.47. The van der Waals surface area contributed by atoms with Crippen molar-refractivity contribution in [1.82, 2.24) is 0 Å². The van der Waals surface area contributed by atoms with E-state index in [1.54, 1.807) is 0 Å². The Morgan fingerprint density at radius 2 is 1.94 bits per heavy atom. The van der Waals surface area contributed by atoms with E-state index in [9.17, 15) is 5.11 Å². The second-order valence-corrected chi connectivity index (χ2v) is 11.6. The van der Waals surface area contributed by atoms with Crippen LogP contribution in [0.2, 0.25) is 18.1 Å². The molecule has 16 heavy (non-hydrogen) atoms. The molecule has 0 aromatic carbocycles. The molecule has 0 aromatic rings. The van der Waals surface area contributed by atoms with E-state index in [2.05, 4.69) is 47.4 Å². The summed E-state index contributed by atoms with van der Waals surface area (Å²) in [5, 5.41) is 9.62. The quantitative estimate of drug-likeness (QED) is 0.605. The van der Waals surface area contributed by atoms with Crippen molar-refractivity contribution in [3.8, 4) is 0 Å². The van der Waals surface area contributed by atoms with E-state index in [-0.39, 0.29) is 22.7 Å². The predicted molar refractivity (Wildman–Crippen MR) is 71.0 cm³/mol. The van der Waals surface area contributed by atoms with E-state index >= 15 is 0 Å². The Balaban J connectivity index is 2.86. The van der Waals surface area contributed by atoms with Crippen molar-refractivity contribution in [2.24, 2.45) is 5.41 Å². The minimum Gasteiger partial charge on any atom is -0.407 e. The van der Waals surface area contributed by atoms with E-state index in [1.165, 1.54) is 0 Å². The lowest BCUT2D eigenvalue weighted by Crippen LogP contribution is -2.46. The zero-order chi connectivity index (χ0) is 12.8. The zero-order valence-corrected chi connectivity index (χ0v) is 12.6. The van der Waals surface area contributed by atoms with Gasteiger partial charge in [0.1, 0.15) is 0 Å². The number of hydrogen-bond acceptors (Lipinski definition) is 2. The first-order valence-corrected chi connectivity index (χ1v) is 8.89. The van der Waals surface area contributed by atoms with Crippen molar-refractivity contribution < 1.29 is 9.53 Å². The van der Waals surface area contributed by atoms with Crippen LogP contribution in [-0.4, -0.2) is 25.6 Å². The van der Waals surface area contributed by atoms with E-state index in [0.717, 1.165) is 6.42 Å². The van der Waals surface area contributed by atoms with Gasteiger partial charge in [-0.3, -0.25) is 0 Å². The Hall–Kier alpha value is -0.123. The summed E-state index contributed by atoms with van der Waals surface area (Å²) in [6.45, 7) is 17.3. The topological polar surface area (TPSA) is 29.5 Å². The lowest BCUT2D eigenvalue weighted by atomic mass is 10.1. The van der Waals surface area contributed by atoms with Gasteiger partial charge in [0.15, 0.2) is 8.32 Å². The summed E-state index contributed by atoms with van der Waals surface area (Å²) in [7, 11) is -1.79. The van der Waals surface area contributed by atoms with Gasteiger partial charge >= 0.3 is 0 Å². The fraction of sp³-hybridized carbons (Fsp3) is 0.846. The molecule has 1 rings (SSSR count). The third kappa shape index (κ3) is 2.00. The molecule has 0 spiro atoms. The Morgan fingerprint density at radius 1 is 1.44 bits per heavy atom. The van der Waals surface area contributed by atoms with Crippen molar-refractivity contribution in [2.45, 2.75) is 57.8 Å². The fourth-order valence-electron chi connectivity index (χ4n) is 1.85.